The van der Waals surface area contributed by atoms with Gasteiger partial charge in [-0.2, -0.15) is 0 Å². The highest BCUT2D eigenvalue weighted by Gasteiger charge is 2.22. The lowest BCUT2D eigenvalue weighted by molar-refractivity contribution is 0.103. The predicted molar refractivity (Wildman–Crippen MR) is 101 cm³/mol. The summed E-state index contributed by atoms with van der Waals surface area (Å²) in [5.74, 6) is 0.193. The number of rotatable bonds is 3. The van der Waals surface area contributed by atoms with Crippen molar-refractivity contribution in [2.75, 3.05) is 22.5 Å². The fraction of sp³-hybridized carbons (Fsp3) is 0.111. The predicted octanol–water partition coefficient (Wildman–Crippen LogP) is 4.78. The number of carbonyl (C=O) groups excluding carboxylic acids is 1. The number of thioether (sulfide) groups is 1. The molecule has 4 nitrogen and oxygen atoms in total. The Balaban J connectivity index is 1.57. The van der Waals surface area contributed by atoms with Crippen LogP contribution in [0.5, 0.6) is 0 Å². The third-order valence-corrected chi connectivity index (χ3v) is 5.88. The van der Waals surface area contributed by atoms with Crippen molar-refractivity contribution in [1.82, 2.24) is 4.98 Å². The summed E-state index contributed by atoms with van der Waals surface area (Å²) in [4.78, 5) is 19.5. The van der Waals surface area contributed by atoms with Gasteiger partial charge in [-0.3, -0.25) is 4.79 Å². The standard InChI is InChI=1S/C18H14FN3OS2/c19-12-4-1-2-5-13(12)21-17(23)15-7-8-16(25-15)22-10-11-24-18-14(22)6-3-9-20-18/h1-9H,10-11H2,(H,21,23). The van der Waals surface area contributed by atoms with E-state index in [2.05, 4.69) is 15.2 Å². The van der Waals surface area contributed by atoms with E-state index in [4.69, 9.17) is 0 Å². The smallest absolute Gasteiger partial charge is 0.265 e. The van der Waals surface area contributed by atoms with E-state index >= 15 is 0 Å². The number of pyridine rings is 1. The maximum Gasteiger partial charge on any atom is 0.265 e. The first-order valence-corrected chi connectivity index (χ1v) is 9.53. The number of para-hydroxylation sites is 1. The topological polar surface area (TPSA) is 45.2 Å². The summed E-state index contributed by atoms with van der Waals surface area (Å²) in [6.07, 6.45) is 1.79. The Morgan fingerprint density at radius 3 is 2.92 bits per heavy atom. The van der Waals surface area contributed by atoms with E-state index in [0.717, 1.165) is 28.0 Å². The van der Waals surface area contributed by atoms with Crippen LogP contribution in [0.2, 0.25) is 0 Å². The summed E-state index contributed by atoms with van der Waals surface area (Å²) >= 11 is 3.13. The van der Waals surface area contributed by atoms with Gasteiger partial charge in [-0.05, 0) is 36.4 Å². The molecule has 3 heterocycles. The van der Waals surface area contributed by atoms with E-state index in [1.807, 2.05) is 18.2 Å². The van der Waals surface area contributed by atoms with Crippen LogP contribution in [0.15, 0.2) is 59.8 Å². The minimum atomic E-state index is -0.444. The number of hydrogen-bond donors (Lipinski definition) is 1. The van der Waals surface area contributed by atoms with Gasteiger partial charge in [-0.15, -0.1) is 23.1 Å². The number of fused-ring (bicyclic) bond motifs is 1. The Bertz CT molecular complexity index is 928. The minimum absolute atomic E-state index is 0.186. The van der Waals surface area contributed by atoms with Crippen LogP contribution in [0.3, 0.4) is 0 Å². The van der Waals surface area contributed by atoms with Crippen LogP contribution in [0.25, 0.3) is 0 Å². The number of amides is 1. The molecule has 0 aliphatic carbocycles. The molecule has 2 aromatic heterocycles. The zero-order chi connectivity index (χ0) is 17.2. The maximum absolute atomic E-state index is 13.7. The second kappa shape index (κ2) is 6.85. The number of thiophene rings is 1. The second-order valence-electron chi connectivity index (χ2n) is 5.40. The lowest BCUT2D eigenvalue weighted by Crippen LogP contribution is -2.23. The molecule has 126 valence electrons. The number of benzene rings is 1. The van der Waals surface area contributed by atoms with Crippen molar-refractivity contribution in [2.24, 2.45) is 0 Å². The van der Waals surface area contributed by atoms with Gasteiger partial charge in [0.05, 0.1) is 21.3 Å². The van der Waals surface area contributed by atoms with Gasteiger partial charge >= 0.3 is 0 Å². The summed E-state index contributed by atoms with van der Waals surface area (Å²) in [5, 5.41) is 4.60. The number of carbonyl (C=O) groups is 1. The van der Waals surface area contributed by atoms with Crippen molar-refractivity contribution in [3.05, 3.63) is 65.4 Å². The van der Waals surface area contributed by atoms with Crippen molar-refractivity contribution in [1.29, 1.82) is 0 Å². The van der Waals surface area contributed by atoms with Crippen molar-refractivity contribution >= 4 is 45.4 Å². The second-order valence-corrected chi connectivity index (χ2v) is 7.55. The van der Waals surface area contributed by atoms with E-state index in [0.29, 0.717) is 4.88 Å². The number of halogens is 1. The van der Waals surface area contributed by atoms with Crippen LogP contribution in [0.1, 0.15) is 9.67 Å². The van der Waals surface area contributed by atoms with E-state index < -0.39 is 5.82 Å². The lowest BCUT2D eigenvalue weighted by atomic mass is 10.3. The molecule has 1 aliphatic rings. The van der Waals surface area contributed by atoms with Crippen molar-refractivity contribution in [3.63, 3.8) is 0 Å². The van der Waals surface area contributed by atoms with Crippen LogP contribution in [0, 0.1) is 5.82 Å². The van der Waals surface area contributed by atoms with Crippen LogP contribution in [-0.4, -0.2) is 23.2 Å². The fourth-order valence-electron chi connectivity index (χ4n) is 2.62. The van der Waals surface area contributed by atoms with Crippen molar-refractivity contribution in [2.45, 2.75) is 5.03 Å². The molecule has 0 saturated heterocycles. The summed E-state index contributed by atoms with van der Waals surface area (Å²) in [6.45, 7) is 0.859. The van der Waals surface area contributed by atoms with Gasteiger partial charge in [0.25, 0.3) is 5.91 Å². The molecule has 7 heteroatoms. The molecule has 25 heavy (non-hydrogen) atoms. The molecule has 0 atom stereocenters. The number of nitrogens with zero attached hydrogens (tertiary/aromatic N) is 2. The molecule has 1 aliphatic heterocycles. The molecule has 4 rings (SSSR count). The van der Waals surface area contributed by atoms with Gasteiger partial charge in [-0.25, -0.2) is 9.37 Å². The molecular formula is C18H14FN3OS2. The molecule has 1 amide bonds. The first-order chi connectivity index (χ1) is 12.2. The van der Waals surface area contributed by atoms with Gasteiger partial charge in [0.2, 0.25) is 0 Å². The normalized spacial score (nSPS) is 13.4. The highest BCUT2D eigenvalue weighted by Crippen LogP contribution is 2.40. The number of aromatic nitrogens is 1. The Labute approximate surface area is 152 Å². The van der Waals surface area contributed by atoms with Crippen molar-refractivity contribution in [3.8, 4) is 0 Å². The van der Waals surface area contributed by atoms with Gasteiger partial charge in [0.15, 0.2) is 0 Å². The average Bonchev–Trinajstić information content (AvgIpc) is 3.13. The van der Waals surface area contributed by atoms with Gasteiger partial charge in [0.1, 0.15) is 10.8 Å². The molecular weight excluding hydrogens is 357 g/mol. The molecule has 0 saturated carbocycles. The largest absolute Gasteiger partial charge is 0.330 e. The van der Waals surface area contributed by atoms with Crippen LogP contribution < -0.4 is 10.2 Å². The number of nitrogens with one attached hydrogen (secondary N) is 1. The van der Waals surface area contributed by atoms with E-state index in [1.54, 1.807) is 42.2 Å². The summed E-state index contributed by atoms with van der Waals surface area (Å²) in [6, 6.07) is 13.8. The molecule has 0 fully saturated rings. The quantitative estimate of drug-likeness (QED) is 0.720. The molecule has 0 bridgehead atoms. The van der Waals surface area contributed by atoms with E-state index in [9.17, 15) is 9.18 Å². The monoisotopic (exact) mass is 371 g/mol. The third kappa shape index (κ3) is 3.25. The number of anilines is 3. The molecule has 3 aromatic rings. The highest BCUT2D eigenvalue weighted by molar-refractivity contribution is 7.99. The summed E-state index contributed by atoms with van der Waals surface area (Å²) in [5.41, 5.74) is 1.24. The van der Waals surface area contributed by atoms with Crippen LogP contribution in [0.4, 0.5) is 20.8 Å². The first kappa shape index (κ1) is 16.1. The summed E-state index contributed by atoms with van der Waals surface area (Å²) in [7, 11) is 0. The number of hydrogen-bond acceptors (Lipinski definition) is 5. The summed E-state index contributed by atoms with van der Waals surface area (Å²) < 4.78 is 13.7. The zero-order valence-corrected chi connectivity index (χ0v) is 14.7. The fourth-order valence-corrected chi connectivity index (χ4v) is 4.49. The molecule has 0 radical (unpaired) electrons. The zero-order valence-electron chi connectivity index (χ0n) is 13.1. The highest BCUT2D eigenvalue weighted by atomic mass is 32.2. The average molecular weight is 371 g/mol. The lowest BCUT2D eigenvalue weighted by Gasteiger charge is -2.28. The first-order valence-electron chi connectivity index (χ1n) is 7.73. The van der Waals surface area contributed by atoms with Crippen LogP contribution in [-0.2, 0) is 0 Å². The van der Waals surface area contributed by atoms with Crippen LogP contribution >= 0.6 is 23.1 Å². The molecule has 0 unspecified atom stereocenters. The maximum atomic E-state index is 13.7. The molecule has 1 N–H and O–H groups in total. The third-order valence-electron chi connectivity index (χ3n) is 3.80. The Kier molecular flexibility index (Phi) is 4.42. The minimum Gasteiger partial charge on any atom is -0.330 e. The van der Waals surface area contributed by atoms with E-state index in [1.165, 1.54) is 17.4 Å². The van der Waals surface area contributed by atoms with E-state index in [-0.39, 0.29) is 11.6 Å². The Morgan fingerprint density at radius 1 is 1.16 bits per heavy atom. The van der Waals surface area contributed by atoms with Gasteiger partial charge < -0.3 is 10.2 Å². The van der Waals surface area contributed by atoms with Gasteiger partial charge in [-0.1, -0.05) is 12.1 Å². The van der Waals surface area contributed by atoms with Crippen molar-refractivity contribution < 1.29 is 9.18 Å². The Hall–Kier alpha value is -2.38. The Morgan fingerprint density at radius 2 is 2.04 bits per heavy atom. The molecule has 1 aromatic carbocycles. The van der Waals surface area contributed by atoms with Gasteiger partial charge in [0, 0.05) is 18.5 Å². The molecule has 0 spiro atoms. The SMILES string of the molecule is O=C(Nc1ccccc1F)c1ccc(N2CCSc3ncccc32)s1.